The first-order valence-electron chi connectivity index (χ1n) is 9.98. The van der Waals surface area contributed by atoms with Gasteiger partial charge in [0.15, 0.2) is 0 Å². The number of aromatic hydroxyl groups is 1. The summed E-state index contributed by atoms with van der Waals surface area (Å²) in [6.45, 7) is 2.04. The van der Waals surface area contributed by atoms with E-state index in [-0.39, 0.29) is 36.0 Å². The van der Waals surface area contributed by atoms with E-state index in [1.54, 1.807) is 11.8 Å². The number of halogens is 1. The monoisotopic (exact) mass is 397 g/mol. The minimum Gasteiger partial charge on any atom is -0.508 e. The number of carbonyl (C=O) groups is 2. The smallest absolute Gasteiger partial charge is 0.314 e. The van der Waals surface area contributed by atoms with Gasteiger partial charge >= 0.3 is 5.97 Å². The molecule has 0 aliphatic carbocycles. The van der Waals surface area contributed by atoms with Crippen LogP contribution in [0.3, 0.4) is 0 Å². The number of benzene rings is 2. The highest BCUT2D eigenvalue weighted by atomic mass is 19.1. The van der Waals surface area contributed by atoms with E-state index in [0.29, 0.717) is 19.3 Å². The Hall–Kier alpha value is -2.89. The second-order valence-corrected chi connectivity index (χ2v) is 7.87. The van der Waals surface area contributed by atoms with Gasteiger partial charge in [-0.05, 0) is 56.4 Å². The van der Waals surface area contributed by atoms with E-state index in [9.17, 15) is 19.1 Å². The predicted octanol–water partition coefficient (Wildman–Crippen LogP) is 3.70. The average molecular weight is 397 g/mol. The van der Waals surface area contributed by atoms with E-state index < -0.39 is 17.1 Å². The second kappa shape index (κ2) is 7.50. The quantitative estimate of drug-likeness (QED) is 0.782. The van der Waals surface area contributed by atoms with Gasteiger partial charge < -0.3 is 14.7 Å². The first kappa shape index (κ1) is 19.4. The molecule has 1 N–H and O–H groups in total. The summed E-state index contributed by atoms with van der Waals surface area (Å²) in [6.07, 6.45) is 2.41. The normalized spacial score (nSPS) is 25.2. The van der Waals surface area contributed by atoms with Crippen LogP contribution in [-0.2, 0) is 16.0 Å². The van der Waals surface area contributed by atoms with Crippen LogP contribution in [0.1, 0.15) is 42.1 Å². The van der Waals surface area contributed by atoms with Gasteiger partial charge in [0.1, 0.15) is 11.6 Å². The van der Waals surface area contributed by atoms with Gasteiger partial charge in [-0.25, -0.2) is 4.39 Å². The Labute approximate surface area is 169 Å². The molecule has 2 saturated heterocycles. The SMILES string of the molecule is CCOC(=O)[C@@]1(Cc2ccccc2)C[C@H]2CC[C@@H]1N2C(=O)c1cc(O)ccc1F. The number of hydrogen-bond acceptors (Lipinski definition) is 4. The lowest BCUT2D eigenvalue weighted by Crippen LogP contribution is -2.47. The largest absolute Gasteiger partial charge is 0.508 e. The lowest BCUT2D eigenvalue weighted by atomic mass is 9.70. The lowest BCUT2D eigenvalue weighted by Gasteiger charge is -2.35. The molecule has 0 radical (unpaired) electrons. The van der Waals surface area contributed by atoms with Crippen LogP contribution in [0, 0.1) is 11.2 Å². The number of esters is 1. The van der Waals surface area contributed by atoms with Gasteiger partial charge in [-0.2, -0.15) is 0 Å². The number of carbonyl (C=O) groups excluding carboxylic acids is 2. The Morgan fingerprint density at radius 1 is 1.21 bits per heavy atom. The molecule has 0 unspecified atom stereocenters. The molecule has 2 aromatic carbocycles. The number of phenolic OH excluding ortho intramolecular Hbond substituents is 1. The van der Waals surface area contributed by atoms with Crippen molar-refractivity contribution in [1.29, 1.82) is 0 Å². The molecule has 2 bridgehead atoms. The molecule has 2 heterocycles. The van der Waals surface area contributed by atoms with Gasteiger partial charge in [-0.1, -0.05) is 30.3 Å². The molecule has 0 saturated carbocycles. The van der Waals surface area contributed by atoms with Gasteiger partial charge in [-0.3, -0.25) is 9.59 Å². The molecule has 3 atom stereocenters. The predicted molar refractivity (Wildman–Crippen MR) is 105 cm³/mol. The van der Waals surface area contributed by atoms with Crippen molar-refractivity contribution in [2.24, 2.45) is 5.41 Å². The zero-order valence-electron chi connectivity index (χ0n) is 16.3. The first-order chi connectivity index (χ1) is 14.0. The van der Waals surface area contributed by atoms with Crippen LogP contribution in [0.2, 0.25) is 0 Å². The molecular formula is C23H24FNO4. The molecule has 2 fully saturated rings. The number of rotatable bonds is 5. The van der Waals surface area contributed by atoms with Gasteiger partial charge in [0.25, 0.3) is 5.91 Å². The Morgan fingerprint density at radius 2 is 1.97 bits per heavy atom. The van der Waals surface area contributed by atoms with Gasteiger partial charge in [-0.15, -0.1) is 0 Å². The van der Waals surface area contributed by atoms with E-state index in [2.05, 4.69) is 0 Å². The third kappa shape index (κ3) is 3.26. The van der Waals surface area contributed by atoms with Crippen LogP contribution >= 0.6 is 0 Å². The van der Waals surface area contributed by atoms with Crippen molar-refractivity contribution in [3.8, 4) is 5.75 Å². The molecule has 2 aliphatic heterocycles. The fraction of sp³-hybridized carbons (Fsp3) is 0.391. The standard InChI is InChI=1S/C23H24FNO4/c1-2-29-22(28)23(13-15-6-4-3-5-7-15)14-16-8-11-20(23)25(16)21(27)18-12-17(26)9-10-19(18)24/h3-7,9-10,12,16,20,26H,2,8,11,13-14H2,1H3/t16-,20+,23+/m1/s1. The van der Waals surface area contributed by atoms with Crippen molar-refractivity contribution < 1.29 is 23.8 Å². The average Bonchev–Trinajstić information content (AvgIpc) is 3.26. The van der Waals surface area contributed by atoms with Crippen LogP contribution in [0.5, 0.6) is 5.75 Å². The van der Waals surface area contributed by atoms with Crippen molar-refractivity contribution in [2.45, 2.75) is 44.7 Å². The molecular weight excluding hydrogens is 373 g/mol. The number of amides is 1. The van der Waals surface area contributed by atoms with Crippen LogP contribution in [0.4, 0.5) is 4.39 Å². The number of phenols is 1. The molecule has 152 valence electrons. The zero-order valence-corrected chi connectivity index (χ0v) is 16.3. The van der Waals surface area contributed by atoms with E-state index in [4.69, 9.17) is 4.74 Å². The third-order valence-corrected chi connectivity index (χ3v) is 6.20. The highest BCUT2D eigenvalue weighted by molar-refractivity contribution is 5.96. The van der Waals surface area contributed by atoms with E-state index >= 15 is 0 Å². The Morgan fingerprint density at radius 3 is 2.69 bits per heavy atom. The summed E-state index contributed by atoms with van der Waals surface area (Å²) in [5.74, 6) is -1.62. The second-order valence-electron chi connectivity index (χ2n) is 7.87. The third-order valence-electron chi connectivity index (χ3n) is 6.20. The fourth-order valence-corrected chi connectivity index (χ4v) is 5.02. The summed E-state index contributed by atoms with van der Waals surface area (Å²) in [4.78, 5) is 28.0. The minimum absolute atomic E-state index is 0.151. The highest BCUT2D eigenvalue weighted by Crippen LogP contribution is 2.53. The summed E-state index contributed by atoms with van der Waals surface area (Å²) < 4.78 is 19.8. The lowest BCUT2D eigenvalue weighted by molar-refractivity contribution is -0.157. The minimum atomic E-state index is -0.844. The van der Waals surface area contributed by atoms with Crippen molar-refractivity contribution in [3.05, 3.63) is 65.5 Å². The fourth-order valence-electron chi connectivity index (χ4n) is 5.02. The van der Waals surface area contributed by atoms with E-state index in [1.165, 1.54) is 6.07 Å². The van der Waals surface area contributed by atoms with Crippen LogP contribution in [0.15, 0.2) is 48.5 Å². The van der Waals surface area contributed by atoms with Gasteiger partial charge in [0.05, 0.1) is 17.6 Å². The maximum atomic E-state index is 14.3. The summed E-state index contributed by atoms with van der Waals surface area (Å²) in [5, 5.41) is 9.72. The van der Waals surface area contributed by atoms with Crippen molar-refractivity contribution in [3.63, 3.8) is 0 Å². The summed E-state index contributed by atoms with van der Waals surface area (Å²) in [7, 11) is 0. The number of hydrogen-bond donors (Lipinski definition) is 1. The number of nitrogens with zero attached hydrogens (tertiary/aromatic N) is 1. The number of fused-ring (bicyclic) bond motifs is 2. The molecule has 6 heteroatoms. The van der Waals surface area contributed by atoms with E-state index in [0.717, 1.165) is 24.1 Å². The summed E-state index contributed by atoms with van der Waals surface area (Å²) in [6, 6.07) is 12.6. The van der Waals surface area contributed by atoms with Gasteiger partial charge in [0.2, 0.25) is 0 Å². The topological polar surface area (TPSA) is 66.8 Å². The Bertz CT molecular complexity index is 932. The van der Waals surface area contributed by atoms with Crippen LogP contribution in [0.25, 0.3) is 0 Å². The molecule has 5 nitrogen and oxygen atoms in total. The van der Waals surface area contributed by atoms with Crippen LogP contribution < -0.4 is 0 Å². The zero-order chi connectivity index (χ0) is 20.6. The highest BCUT2D eigenvalue weighted by Gasteiger charge is 2.62. The molecule has 0 aromatic heterocycles. The summed E-state index contributed by atoms with van der Waals surface area (Å²) >= 11 is 0. The molecule has 29 heavy (non-hydrogen) atoms. The molecule has 0 spiro atoms. The molecule has 1 amide bonds. The van der Waals surface area contributed by atoms with Crippen molar-refractivity contribution in [2.75, 3.05) is 6.61 Å². The molecule has 4 rings (SSSR count). The van der Waals surface area contributed by atoms with Crippen LogP contribution in [-0.4, -0.2) is 40.6 Å². The van der Waals surface area contributed by atoms with Crippen molar-refractivity contribution in [1.82, 2.24) is 4.90 Å². The number of ether oxygens (including phenoxy) is 1. The summed E-state index contributed by atoms with van der Waals surface area (Å²) in [5.41, 5.74) is -0.00576. The maximum Gasteiger partial charge on any atom is 0.314 e. The maximum absolute atomic E-state index is 14.3. The molecule has 2 aliphatic rings. The molecule has 2 aromatic rings. The Kier molecular flexibility index (Phi) is 5.03. The Balaban J connectivity index is 1.71. The van der Waals surface area contributed by atoms with Crippen molar-refractivity contribution >= 4 is 11.9 Å². The first-order valence-corrected chi connectivity index (χ1v) is 9.98. The van der Waals surface area contributed by atoms with E-state index in [1.807, 2.05) is 30.3 Å². The van der Waals surface area contributed by atoms with Gasteiger partial charge in [0, 0.05) is 12.1 Å².